The Kier molecular flexibility index (Phi) is 3.96. The molecule has 0 radical (unpaired) electrons. The smallest absolute Gasteiger partial charge is 0.319 e. The molecular formula is C16H13F3N4O. The van der Waals surface area contributed by atoms with Crippen LogP contribution in [0.15, 0.2) is 42.7 Å². The van der Waals surface area contributed by atoms with E-state index in [1.54, 1.807) is 13.0 Å². The molecule has 1 amide bonds. The van der Waals surface area contributed by atoms with Crippen LogP contribution in [0.1, 0.15) is 16.1 Å². The number of aromatic nitrogens is 3. The summed E-state index contributed by atoms with van der Waals surface area (Å²) in [7, 11) is 0. The predicted molar refractivity (Wildman–Crippen MR) is 82.7 cm³/mol. The van der Waals surface area contributed by atoms with Crippen molar-refractivity contribution < 1.29 is 18.0 Å². The lowest BCUT2D eigenvalue weighted by molar-refractivity contribution is -0.142. The van der Waals surface area contributed by atoms with Gasteiger partial charge in [-0.25, -0.2) is 0 Å². The fourth-order valence-electron chi connectivity index (χ4n) is 2.34. The third kappa shape index (κ3) is 3.53. The van der Waals surface area contributed by atoms with Crippen LogP contribution in [0.2, 0.25) is 0 Å². The third-order valence-corrected chi connectivity index (χ3v) is 3.39. The van der Waals surface area contributed by atoms with Crippen LogP contribution in [-0.2, 0) is 6.54 Å². The topological polar surface area (TPSA) is 59.8 Å². The molecule has 1 aromatic carbocycles. The lowest BCUT2D eigenvalue weighted by Gasteiger charge is -2.08. The fourth-order valence-corrected chi connectivity index (χ4v) is 2.34. The molecule has 2 heterocycles. The highest BCUT2D eigenvalue weighted by Crippen LogP contribution is 2.20. The first-order chi connectivity index (χ1) is 11.3. The maximum Gasteiger partial charge on any atom is 0.408 e. The van der Waals surface area contributed by atoms with Crippen molar-refractivity contribution in [2.75, 3.05) is 5.32 Å². The average Bonchev–Trinajstić information content (AvgIpc) is 2.91. The van der Waals surface area contributed by atoms with Gasteiger partial charge in [0.05, 0.1) is 28.7 Å². The lowest BCUT2D eigenvalue weighted by atomic mass is 10.1. The number of anilines is 1. The molecule has 0 bridgehead atoms. The summed E-state index contributed by atoms with van der Waals surface area (Å²) in [4.78, 5) is 16.7. The van der Waals surface area contributed by atoms with Crippen LogP contribution in [0.3, 0.4) is 0 Å². The van der Waals surface area contributed by atoms with E-state index in [9.17, 15) is 18.0 Å². The van der Waals surface area contributed by atoms with Crippen LogP contribution in [0.25, 0.3) is 10.9 Å². The summed E-state index contributed by atoms with van der Waals surface area (Å²) in [5.41, 5.74) is 1.85. The van der Waals surface area contributed by atoms with E-state index in [-0.39, 0.29) is 5.69 Å². The van der Waals surface area contributed by atoms with E-state index in [1.807, 2.05) is 24.3 Å². The summed E-state index contributed by atoms with van der Waals surface area (Å²) in [5.74, 6) is -0.447. The van der Waals surface area contributed by atoms with Gasteiger partial charge in [0, 0.05) is 11.6 Å². The molecule has 0 aliphatic heterocycles. The minimum atomic E-state index is -4.37. The van der Waals surface area contributed by atoms with Gasteiger partial charge in [0.15, 0.2) is 0 Å². The number of rotatable bonds is 3. The van der Waals surface area contributed by atoms with Crippen molar-refractivity contribution in [2.24, 2.45) is 0 Å². The van der Waals surface area contributed by atoms with Crippen LogP contribution < -0.4 is 5.32 Å². The van der Waals surface area contributed by atoms with Gasteiger partial charge in [-0.2, -0.15) is 18.3 Å². The molecule has 0 fully saturated rings. The number of nitrogens with zero attached hydrogens (tertiary/aromatic N) is 3. The van der Waals surface area contributed by atoms with E-state index in [0.29, 0.717) is 11.3 Å². The summed E-state index contributed by atoms with van der Waals surface area (Å²) >= 11 is 0. The number of alkyl halides is 3. The zero-order valence-electron chi connectivity index (χ0n) is 12.6. The van der Waals surface area contributed by atoms with E-state index < -0.39 is 18.6 Å². The maximum atomic E-state index is 12.4. The molecule has 24 heavy (non-hydrogen) atoms. The number of hydrogen-bond acceptors (Lipinski definition) is 3. The number of benzene rings is 1. The van der Waals surface area contributed by atoms with Gasteiger partial charge in [0.2, 0.25) is 0 Å². The van der Waals surface area contributed by atoms with Gasteiger partial charge in [0.1, 0.15) is 6.54 Å². The SMILES string of the molecule is Cc1nc2ccccc2cc1C(=O)Nc1cnn(CC(F)(F)F)c1. The summed E-state index contributed by atoms with van der Waals surface area (Å²) < 4.78 is 37.7. The summed E-state index contributed by atoms with van der Waals surface area (Å²) in [6.45, 7) is 0.494. The van der Waals surface area contributed by atoms with Crippen LogP contribution in [0.5, 0.6) is 0 Å². The van der Waals surface area contributed by atoms with Gasteiger partial charge in [-0.3, -0.25) is 14.5 Å². The van der Waals surface area contributed by atoms with E-state index in [2.05, 4.69) is 15.4 Å². The summed E-state index contributed by atoms with van der Waals surface area (Å²) in [6.07, 6.45) is -2.06. The van der Waals surface area contributed by atoms with Gasteiger partial charge >= 0.3 is 6.18 Å². The van der Waals surface area contributed by atoms with E-state index in [1.165, 1.54) is 6.20 Å². The van der Waals surface area contributed by atoms with Crippen molar-refractivity contribution in [3.05, 3.63) is 54.0 Å². The van der Waals surface area contributed by atoms with Gasteiger partial charge in [-0.1, -0.05) is 18.2 Å². The Morgan fingerprint density at radius 1 is 1.29 bits per heavy atom. The number of hydrogen-bond donors (Lipinski definition) is 1. The van der Waals surface area contributed by atoms with Crippen LogP contribution in [0.4, 0.5) is 18.9 Å². The lowest BCUT2D eigenvalue weighted by Crippen LogP contribution is -2.18. The van der Waals surface area contributed by atoms with Crippen molar-refractivity contribution >= 4 is 22.5 Å². The van der Waals surface area contributed by atoms with E-state index in [0.717, 1.165) is 21.8 Å². The number of carbonyl (C=O) groups excluding carboxylic acids is 1. The first-order valence-corrected chi connectivity index (χ1v) is 7.09. The van der Waals surface area contributed by atoms with Crippen LogP contribution in [-0.4, -0.2) is 26.8 Å². The number of aryl methyl sites for hydroxylation is 1. The third-order valence-electron chi connectivity index (χ3n) is 3.39. The van der Waals surface area contributed by atoms with Gasteiger partial charge in [0.25, 0.3) is 5.91 Å². The normalized spacial score (nSPS) is 11.7. The molecule has 8 heteroatoms. The fraction of sp³-hybridized carbons (Fsp3) is 0.188. The second-order valence-electron chi connectivity index (χ2n) is 5.31. The van der Waals surface area contributed by atoms with Gasteiger partial charge < -0.3 is 5.32 Å². The number of para-hydroxylation sites is 1. The highest BCUT2D eigenvalue weighted by atomic mass is 19.4. The molecule has 0 spiro atoms. The molecule has 124 valence electrons. The van der Waals surface area contributed by atoms with Crippen molar-refractivity contribution in [1.29, 1.82) is 0 Å². The number of carbonyl (C=O) groups is 1. The second-order valence-corrected chi connectivity index (χ2v) is 5.31. The Morgan fingerprint density at radius 3 is 2.79 bits per heavy atom. The zero-order valence-corrected chi connectivity index (χ0v) is 12.6. The summed E-state index contributed by atoms with van der Waals surface area (Å²) in [5, 5.41) is 6.93. The highest BCUT2D eigenvalue weighted by Gasteiger charge is 2.28. The number of pyridine rings is 1. The van der Waals surface area contributed by atoms with Gasteiger partial charge in [-0.15, -0.1) is 0 Å². The maximum absolute atomic E-state index is 12.4. The Morgan fingerprint density at radius 2 is 2.04 bits per heavy atom. The minimum absolute atomic E-state index is 0.191. The van der Waals surface area contributed by atoms with Crippen molar-refractivity contribution in [3.63, 3.8) is 0 Å². The molecule has 0 atom stereocenters. The van der Waals surface area contributed by atoms with Crippen LogP contribution >= 0.6 is 0 Å². The number of halogens is 3. The van der Waals surface area contributed by atoms with Crippen molar-refractivity contribution in [2.45, 2.75) is 19.6 Å². The predicted octanol–water partition coefficient (Wildman–Crippen LogP) is 3.55. The zero-order chi connectivity index (χ0) is 17.3. The number of amides is 1. The molecule has 0 aliphatic rings. The van der Waals surface area contributed by atoms with E-state index in [4.69, 9.17) is 0 Å². The molecule has 3 aromatic rings. The van der Waals surface area contributed by atoms with Crippen molar-refractivity contribution in [3.8, 4) is 0 Å². The molecular weight excluding hydrogens is 321 g/mol. The Balaban J connectivity index is 1.81. The standard InChI is InChI=1S/C16H13F3N4O/c1-10-13(6-11-4-2-3-5-14(11)21-10)15(24)22-12-7-20-23(8-12)9-16(17,18)19/h2-8H,9H2,1H3,(H,22,24). The molecule has 0 saturated heterocycles. The first-order valence-electron chi connectivity index (χ1n) is 7.09. The Hall–Kier alpha value is -2.90. The molecule has 0 saturated carbocycles. The Bertz CT molecular complexity index is 902. The minimum Gasteiger partial charge on any atom is -0.319 e. The quantitative estimate of drug-likeness (QED) is 0.797. The summed E-state index contributed by atoms with van der Waals surface area (Å²) in [6, 6.07) is 9.06. The number of nitrogens with one attached hydrogen (secondary N) is 1. The second kappa shape index (κ2) is 5.95. The van der Waals surface area contributed by atoms with E-state index >= 15 is 0 Å². The van der Waals surface area contributed by atoms with Crippen LogP contribution in [0, 0.1) is 6.92 Å². The number of fused-ring (bicyclic) bond motifs is 1. The van der Waals surface area contributed by atoms with Crippen molar-refractivity contribution in [1.82, 2.24) is 14.8 Å². The monoisotopic (exact) mass is 334 g/mol. The molecule has 2 aromatic heterocycles. The molecule has 1 N–H and O–H groups in total. The Labute approximate surface area is 135 Å². The molecule has 3 rings (SSSR count). The molecule has 0 unspecified atom stereocenters. The average molecular weight is 334 g/mol. The molecule has 0 aliphatic carbocycles. The molecule has 5 nitrogen and oxygen atoms in total. The first kappa shape index (κ1) is 16.0. The van der Waals surface area contributed by atoms with Gasteiger partial charge in [-0.05, 0) is 19.1 Å². The largest absolute Gasteiger partial charge is 0.408 e. The highest BCUT2D eigenvalue weighted by molar-refractivity contribution is 6.06.